The van der Waals surface area contributed by atoms with Gasteiger partial charge in [0, 0.05) is 37.4 Å². The Balaban J connectivity index is 1.60. The van der Waals surface area contributed by atoms with Crippen molar-refractivity contribution in [1.29, 1.82) is 0 Å². The first-order valence-corrected chi connectivity index (χ1v) is 12.3. The Hall–Kier alpha value is -3.37. The van der Waals surface area contributed by atoms with Crippen molar-refractivity contribution in [2.45, 2.75) is 64.0 Å². The predicted octanol–water partition coefficient (Wildman–Crippen LogP) is 4.48. The van der Waals surface area contributed by atoms with Gasteiger partial charge in [-0.1, -0.05) is 32.6 Å². The maximum absolute atomic E-state index is 14.2. The van der Waals surface area contributed by atoms with Gasteiger partial charge in [-0.25, -0.2) is 9.18 Å². The Morgan fingerprint density at radius 1 is 1.14 bits per heavy atom. The number of rotatable bonds is 7. The van der Waals surface area contributed by atoms with Gasteiger partial charge in [0.05, 0.1) is 13.2 Å². The van der Waals surface area contributed by atoms with Gasteiger partial charge in [0.1, 0.15) is 0 Å². The van der Waals surface area contributed by atoms with Crippen molar-refractivity contribution in [2.75, 3.05) is 42.3 Å². The molecule has 1 saturated heterocycles. The lowest BCUT2D eigenvalue weighted by Gasteiger charge is -2.39. The van der Waals surface area contributed by atoms with Gasteiger partial charge in [-0.2, -0.15) is 15.0 Å². The van der Waals surface area contributed by atoms with Gasteiger partial charge in [-0.05, 0) is 31.4 Å². The van der Waals surface area contributed by atoms with Crippen molar-refractivity contribution in [3.63, 3.8) is 0 Å². The smallest absolute Gasteiger partial charge is 0.407 e. The van der Waals surface area contributed by atoms with Crippen LogP contribution in [-0.2, 0) is 0 Å². The lowest BCUT2D eigenvalue weighted by atomic mass is 10.1. The fourth-order valence-electron chi connectivity index (χ4n) is 4.74. The van der Waals surface area contributed by atoms with E-state index >= 15 is 0 Å². The van der Waals surface area contributed by atoms with E-state index in [4.69, 9.17) is 9.72 Å². The molecule has 35 heavy (non-hydrogen) atoms. The third kappa shape index (κ3) is 6.20. The van der Waals surface area contributed by atoms with Crippen LogP contribution in [-0.4, -0.2) is 69.9 Å². The number of piperazine rings is 1. The van der Waals surface area contributed by atoms with Crippen molar-refractivity contribution in [3.8, 4) is 5.75 Å². The Labute approximate surface area is 204 Å². The first-order chi connectivity index (χ1) is 17.0. The van der Waals surface area contributed by atoms with E-state index in [1.807, 2.05) is 11.8 Å². The minimum absolute atomic E-state index is 0.150. The monoisotopic (exact) mass is 487 g/mol. The molecular formula is C24H34FN7O3. The molecule has 1 aromatic carbocycles. The third-order valence-electron chi connectivity index (χ3n) is 6.70. The second-order valence-corrected chi connectivity index (χ2v) is 9.07. The van der Waals surface area contributed by atoms with Gasteiger partial charge in [0.25, 0.3) is 0 Å². The van der Waals surface area contributed by atoms with Gasteiger partial charge < -0.3 is 30.3 Å². The Morgan fingerprint density at radius 3 is 2.54 bits per heavy atom. The zero-order chi connectivity index (χ0) is 24.8. The van der Waals surface area contributed by atoms with Gasteiger partial charge in [-0.15, -0.1) is 0 Å². The number of anilines is 4. The molecule has 1 aliphatic heterocycles. The number of benzene rings is 1. The molecule has 2 aromatic rings. The van der Waals surface area contributed by atoms with E-state index in [2.05, 4.69) is 20.6 Å². The second-order valence-electron chi connectivity index (χ2n) is 9.07. The summed E-state index contributed by atoms with van der Waals surface area (Å²) in [5.74, 6) is 0.899. The minimum Gasteiger partial charge on any atom is -0.494 e. The molecule has 190 valence electrons. The normalized spacial score (nSPS) is 19.2. The van der Waals surface area contributed by atoms with Crippen LogP contribution in [0.1, 0.15) is 51.9 Å². The van der Waals surface area contributed by atoms with E-state index in [0.29, 0.717) is 49.6 Å². The second kappa shape index (κ2) is 11.4. The third-order valence-corrected chi connectivity index (χ3v) is 6.70. The minimum atomic E-state index is -0.910. The molecule has 11 heteroatoms. The van der Waals surface area contributed by atoms with Crippen molar-refractivity contribution >= 4 is 29.6 Å². The number of ether oxygens (including phenoxy) is 1. The molecular weight excluding hydrogens is 453 g/mol. The number of halogens is 1. The molecule has 0 spiro atoms. The summed E-state index contributed by atoms with van der Waals surface area (Å²) in [4.78, 5) is 29.0. The Bertz CT molecular complexity index is 1020. The number of nitrogens with zero attached hydrogens (tertiary/aromatic N) is 5. The fraction of sp³-hybridized carbons (Fsp3) is 0.583. The van der Waals surface area contributed by atoms with E-state index in [9.17, 15) is 14.3 Å². The highest BCUT2D eigenvalue weighted by atomic mass is 19.1. The molecule has 1 aliphatic carbocycles. The molecule has 1 amide bonds. The average molecular weight is 488 g/mol. The molecule has 1 unspecified atom stereocenters. The van der Waals surface area contributed by atoms with Crippen LogP contribution >= 0.6 is 0 Å². The van der Waals surface area contributed by atoms with E-state index in [1.165, 1.54) is 43.8 Å². The van der Waals surface area contributed by atoms with E-state index in [1.54, 1.807) is 12.1 Å². The van der Waals surface area contributed by atoms with Crippen LogP contribution in [0.3, 0.4) is 0 Å². The standard InChI is InChI=1S/C24H34FN7O3/c1-3-18-15-31(12-13-32(18)24(33)34)23-29-21(26-16-8-6-4-5-7-9-16)28-22(30-23)27-17-10-11-20(35-2)19(25)14-17/h10-11,14,16,18H,3-9,12-13,15H2,1-2H3,(H,33,34)(H2,26,27,28,29,30). The number of hydrogen-bond donors (Lipinski definition) is 3. The molecule has 1 atom stereocenters. The highest BCUT2D eigenvalue weighted by molar-refractivity contribution is 5.66. The van der Waals surface area contributed by atoms with Crippen LogP contribution in [0.2, 0.25) is 0 Å². The van der Waals surface area contributed by atoms with Crippen molar-refractivity contribution in [1.82, 2.24) is 19.9 Å². The first kappa shape index (κ1) is 24.7. The topological polar surface area (TPSA) is 116 Å². The van der Waals surface area contributed by atoms with Crippen LogP contribution in [0.25, 0.3) is 0 Å². The number of aromatic nitrogens is 3. The summed E-state index contributed by atoms with van der Waals surface area (Å²) in [7, 11) is 1.42. The number of carboxylic acid groups (broad SMARTS) is 1. The SMILES string of the molecule is CCC1CN(c2nc(Nc3ccc(OC)c(F)c3)nc(NC3CCCCCC3)n2)CCN1C(=O)O. The van der Waals surface area contributed by atoms with Crippen LogP contribution in [0.15, 0.2) is 18.2 Å². The molecule has 3 N–H and O–H groups in total. The highest BCUT2D eigenvalue weighted by Crippen LogP contribution is 2.26. The summed E-state index contributed by atoms with van der Waals surface area (Å²) >= 11 is 0. The number of carbonyl (C=O) groups is 1. The fourth-order valence-corrected chi connectivity index (χ4v) is 4.74. The molecule has 0 radical (unpaired) electrons. The molecule has 2 aliphatic rings. The van der Waals surface area contributed by atoms with E-state index < -0.39 is 11.9 Å². The zero-order valence-corrected chi connectivity index (χ0v) is 20.3. The molecule has 10 nitrogen and oxygen atoms in total. The summed E-state index contributed by atoms with van der Waals surface area (Å²) in [5.41, 5.74) is 0.489. The van der Waals surface area contributed by atoms with Gasteiger partial charge in [-0.3, -0.25) is 0 Å². The summed E-state index contributed by atoms with van der Waals surface area (Å²) in [6, 6.07) is 4.71. The molecule has 4 rings (SSSR count). The Morgan fingerprint density at radius 2 is 1.89 bits per heavy atom. The van der Waals surface area contributed by atoms with Crippen LogP contribution in [0.4, 0.5) is 32.7 Å². The Kier molecular flexibility index (Phi) is 8.04. The maximum atomic E-state index is 14.2. The summed E-state index contributed by atoms with van der Waals surface area (Å²) in [6.45, 7) is 3.32. The number of methoxy groups -OCH3 is 1. The predicted molar refractivity (Wildman–Crippen MR) is 132 cm³/mol. The zero-order valence-electron chi connectivity index (χ0n) is 20.3. The highest BCUT2D eigenvalue weighted by Gasteiger charge is 2.31. The van der Waals surface area contributed by atoms with E-state index in [-0.39, 0.29) is 17.8 Å². The summed E-state index contributed by atoms with van der Waals surface area (Å²) in [6.07, 6.45) is 6.71. The maximum Gasteiger partial charge on any atom is 0.407 e. The number of amides is 1. The molecule has 2 heterocycles. The average Bonchev–Trinajstić information content (AvgIpc) is 3.12. The van der Waals surface area contributed by atoms with E-state index in [0.717, 1.165) is 12.8 Å². The molecule has 1 aromatic heterocycles. The van der Waals surface area contributed by atoms with Crippen LogP contribution in [0, 0.1) is 5.82 Å². The van der Waals surface area contributed by atoms with Crippen molar-refractivity contribution < 1.29 is 19.0 Å². The van der Waals surface area contributed by atoms with Crippen molar-refractivity contribution in [2.24, 2.45) is 0 Å². The molecule has 2 fully saturated rings. The quantitative estimate of drug-likeness (QED) is 0.486. The van der Waals surface area contributed by atoms with Crippen molar-refractivity contribution in [3.05, 3.63) is 24.0 Å². The van der Waals surface area contributed by atoms with Gasteiger partial charge in [0.15, 0.2) is 11.6 Å². The lowest BCUT2D eigenvalue weighted by Crippen LogP contribution is -2.55. The van der Waals surface area contributed by atoms with Crippen LogP contribution in [0.5, 0.6) is 5.75 Å². The number of nitrogens with one attached hydrogen (secondary N) is 2. The van der Waals surface area contributed by atoms with Crippen LogP contribution < -0.4 is 20.3 Å². The first-order valence-electron chi connectivity index (χ1n) is 12.3. The largest absolute Gasteiger partial charge is 0.494 e. The lowest BCUT2D eigenvalue weighted by molar-refractivity contribution is 0.116. The van der Waals surface area contributed by atoms with Gasteiger partial charge in [0.2, 0.25) is 17.8 Å². The number of hydrogen-bond acceptors (Lipinski definition) is 8. The summed E-state index contributed by atoms with van der Waals surface area (Å²) < 4.78 is 19.2. The summed E-state index contributed by atoms with van der Waals surface area (Å²) in [5, 5.41) is 16.1. The molecule has 0 bridgehead atoms. The van der Waals surface area contributed by atoms with Gasteiger partial charge >= 0.3 is 6.09 Å². The molecule has 1 saturated carbocycles.